The lowest BCUT2D eigenvalue weighted by molar-refractivity contribution is 0.561. The predicted octanol–water partition coefficient (Wildman–Crippen LogP) is 9.20. The van der Waals surface area contributed by atoms with Gasteiger partial charge in [0.1, 0.15) is 5.82 Å². The van der Waals surface area contributed by atoms with Crippen LogP contribution in [0.4, 0.5) is 0 Å². The first kappa shape index (κ1) is 27.1. The molecule has 1 aromatic rings. The van der Waals surface area contributed by atoms with Crippen molar-refractivity contribution in [2.24, 2.45) is 0 Å². The molecule has 0 aliphatic rings. The van der Waals surface area contributed by atoms with E-state index in [1.165, 1.54) is 127 Å². The van der Waals surface area contributed by atoms with E-state index in [2.05, 4.69) is 33.3 Å². The second-order valence-electron chi connectivity index (χ2n) is 9.15. The van der Waals surface area contributed by atoms with Crippen LogP contribution in [0, 0.1) is 6.42 Å². The van der Waals surface area contributed by atoms with Crippen molar-refractivity contribution in [1.82, 2.24) is 9.97 Å². The van der Waals surface area contributed by atoms with Gasteiger partial charge in [-0.15, -0.1) is 0 Å². The maximum absolute atomic E-state index is 4.75. The summed E-state index contributed by atoms with van der Waals surface area (Å²) in [4.78, 5) is 9.49. The van der Waals surface area contributed by atoms with Crippen molar-refractivity contribution in [3.8, 4) is 0 Å². The van der Waals surface area contributed by atoms with E-state index in [1.807, 2.05) is 0 Å². The second-order valence-corrected chi connectivity index (χ2v) is 9.15. The molecule has 0 saturated heterocycles. The molecule has 0 atom stereocenters. The topological polar surface area (TPSA) is 25.8 Å². The van der Waals surface area contributed by atoms with E-state index in [-0.39, 0.29) is 0 Å². The van der Waals surface area contributed by atoms with Crippen LogP contribution in [0.15, 0.2) is 6.07 Å². The van der Waals surface area contributed by atoms with Crippen LogP contribution < -0.4 is 0 Å². The summed E-state index contributed by atoms with van der Waals surface area (Å²) in [5.41, 5.74) is 2.51. The molecule has 0 bridgehead atoms. The molecule has 1 aromatic heterocycles. The zero-order chi connectivity index (χ0) is 21.7. The molecule has 1 heterocycles. The van der Waals surface area contributed by atoms with Crippen molar-refractivity contribution < 1.29 is 0 Å². The summed E-state index contributed by atoms with van der Waals surface area (Å²) >= 11 is 0. The van der Waals surface area contributed by atoms with Crippen molar-refractivity contribution >= 4 is 0 Å². The first-order valence-electron chi connectivity index (χ1n) is 13.5. The minimum Gasteiger partial charge on any atom is -0.238 e. The summed E-state index contributed by atoms with van der Waals surface area (Å²) in [5, 5.41) is 0. The van der Waals surface area contributed by atoms with Gasteiger partial charge in [-0.2, -0.15) is 0 Å². The fourth-order valence-electron chi connectivity index (χ4n) is 4.19. The molecule has 0 fully saturated rings. The fourth-order valence-corrected chi connectivity index (χ4v) is 4.19. The van der Waals surface area contributed by atoms with Crippen LogP contribution in [-0.4, -0.2) is 9.97 Å². The van der Waals surface area contributed by atoms with E-state index in [4.69, 9.17) is 9.97 Å². The van der Waals surface area contributed by atoms with Crippen LogP contribution in [0.25, 0.3) is 0 Å². The summed E-state index contributed by atoms with van der Waals surface area (Å²) < 4.78 is 0. The van der Waals surface area contributed by atoms with Crippen molar-refractivity contribution in [1.29, 1.82) is 0 Å². The van der Waals surface area contributed by atoms with Gasteiger partial charge in [-0.05, 0) is 31.7 Å². The molecule has 30 heavy (non-hydrogen) atoms. The van der Waals surface area contributed by atoms with Gasteiger partial charge in [0.25, 0.3) is 0 Å². The highest BCUT2D eigenvalue weighted by Crippen LogP contribution is 2.15. The van der Waals surface area contributed by atoms with Gasteiger partial charge < -0.3 is 0 Å². The van der Waals surface area contributed by atoms with Crippen LogP contribution in [-0.2, 0) is 12.8 Å². The molecular formula is C28H51N2. The van der Waals surface area contributed by atoms with E-state index in [1.54, 1.807) is 0 Å². The molecule has 0 amide bonds. The third-order valence-electron chi connectivity index (χ3n) is 6.18. The van der Waals surface area contributed by atoms with E-state index in [0.717, 1.165) is 18.7 Å². The quantitative estimate of drug-likeness (QED) is 0.187. The van der Waals surface area contributed by atoms with Crippen molar-refractivity contribution in [3.63, 3.8) is 0 Å². The van der Waals surface area contributed by atoms with Crippen molar-refractivity contribution in [2.75, 3.05) is 0 Å². The Labute approximate surface area is 189 Å². The average Bonchev–Trinajstić information content (AvgIpc) is 2.76. The molecule has 0 spiro atoms. The number of hydrogen-bond acceptors (Lipinski definition) is 2. The molecule has 0 unspecified atom stereocenters. The molecule has 0 aliphatic carbocycles. The van der Waals surface area contributed by atoms with E-state index < -0.39 is 0 Å². The average molecular weight is 416 g/mol. The van der Waals surface area contributed by atoms with E-state index in [9.17, 15) is 0 Å². The monoisotopic (exact) mass is 415 g/mol. The highest BCUT2D eigenvalue weighted by atomic mass is 14.9. The third kappa shape index (κ3) is 15.0. The lowest BCUT2D eigenvalue weighted by Gasteiger charge is -2.08. The smallest absolute Gasteiger partial charge is 0.132 e. The van der Waals surface area contributed by atoms with Gasteiger partial charge in [-0.1, -0.05) is 124 Å². The molecule has 2 nitrogen and oxygen atoms in total. The fraction of sp³-hybridized carbons (Fsp3) is 0.821. The Bertz CT molecular complexity index is 457. The number of rotatable bonds is 21. The highest BCUT2D eigenvalue weighted by Gasteiger charge is 2.05. The molecule has 0 saturated carbocycles. The Morgan fingerprint density at radius 2 is 0.867 bits per heavy atom. The summed E-state index contributed by atoms with van der Waals surface area (Å²) in [7, 11) is 0. The molecule has 1 radical (unpaired) electrons. The van der Waals surface area contributed by atoms with E-state index >= 15 is 0 Å². The predicted molar refractivity (Wildman–Crippen MR) is 133 cm³/mol. The number of nitrogens with zero attached hydrogens (tertiary/aromatic N) is 2. The van der Waals surface area contributed by atoms with Crippen LogP contribution in [0.3, 0.4) is 0 Å². The molecule has 0 aliphatic heterocycles. The Morgan fingerprint density at radius 1 is 0.533 bits per heavy atom. The minimum atomic E-state index is 0.925. The zero-order valence-corrected chi connectivity index (χ0v) is 20.7. The summed E-state index contributed by atoms with van der Waals surface area (Å²) in [6, 6.07) is 2.28. The molecule has 2 heteroatoms. The largest absolute Gasteiger partial charge is 0.238 e. The van der Waals surface area contributed by atoms with Crippen molar-refractivity contribution in [2.45, 2.75) is 149 Å². The summed E-state index contributed by atoms with van der Waals surface area (Å²) in [6.45, 7) is 6.63. The Morgan fingerprint density at radius 3 is 1.20 bits per heavy atom. The Kier molecular flexibility index (Phi) is 18.1. The maximum Gasteiger partial charge on any atom is 0.132 e. The Hall–Kier alpha value is -0.920. The molecule has 173 valence electrons. The molecular weight excluding hydrogens is 364 g/mol. The number of aromatic nitrogens is 2. The molecule has 1 rings (SSSR count). The number of hydrogen-bond donors (Lipinski definition) is 0. The van der Waals surface area contributed by atoms with Gasteiger partial charge in [-0.3, -0.25) is 0 Å². The van der Waals surface area contributed by atoms with Gasteiger partial charge in [-0.25, -0.2) is 9.97 Å². The van der Waals surface area contributed by atoms with Crippen LogP contribution in [0.2, 0.25) is 0 Å². The van der Waals surface area contributed by atoms with Gasteiger partial charge in [0.2, 0.25) is 0 Å². The van der Waals surface area contributed by atoms with Gasteiger partial charge >= 0.3 is 0 Å². The Balaban J connectivity index is 2.17. The summed E-state index contributed by atoms with van der Waals surface area (Å²) in [5.74, 6) is 0.925. The minimum absolute atomic E-state index is 0.925. The lowest BCUT2D eigenvalue weighted by atomic mass is 10.0. The number of unbranched alkanes of at least 4 members (excludes halogenated alkanes) is 16. The second kappa shape index (κ2) is 20.0. The van der Waals surface area contributed by atoms with Gasteiger partial charge in [0.15, 0.2) is 0 Å². The van der Waals surface area contributed by atoms with E-state index in [0.29, 0.717) is 0 Å². The molecule has 0 N–H and O–H groups in total. The first-order valence-corrected chi connectivity index (χ1v) is 13.5. The normalized spacial score (nSPS) is 11.3. The standard InChI is InChI=1S/C28H51N2/c1-4-7-9-11-13-15-17-19-21-23-26-25-27(30-28(6-3)29-26)24-22-20-18-16-14-12-10-8-5-2/h6,25H,4-5,7-24H2,1-3H3. The third-order valence-corrected chi connectivity index (χ3v) is 6.18. The highest BCUT2D eigenvalue weighted by molar-refractivity contribution is 5.15. The molecule has 0 aromatic carbocycles. The van der Waals surface area contributed by atoms with Crippen LogP contribution in [0.1, 0.15) is 154 Å². The van der Waals surface area contributed by atoms with Crippen molar-refractivity contribution in [3.05, 3.63) is 29.7 Å². The summed E-state index contributed by atoms with van der Waals surface area (Å²) in [6.07, 6.45) is 29.2. The number of aryl methyl sites for hydroxylation is 2. The SMILES string of the molecule is C[CH]c1nc(CCCCCCCCCCC)cc(CCCCCCCCCCC)n1. The first-order chi connectivity index (χ1) is 14.8. The lowest BCUT2D eigenvalue weighted by Crippen LogP contribution is -2.02. The van der Waals surface area contributed by atoms with Crippen LogP contribution in [0.5, 0.6) is 0 Å². The van der Waals surface area contributed by atoms with Crippen LogP contribution >= 0.6 is 0 Å². The van der Waals surface area contributed by atoms with Gasteiger partial charge in [0, 0.05) is 17.8 Å². The van der Waals surface area contributed by atoms with Gasteiger partial charge in [0.05, 0.1) is 0 Å². The maximum atomic E-state index is 4.75. The zero-order valence-electron chi connectivity index (χ0n) is 20.7.